The number of ether oxygens (including phenoxy) is 1. The zero-order valence-corrected chi connectivity index (χ0v) is 18.9. The van der Waals surface area contributed by atoms with Gasteiger partial charge in [-0.15, -0.1) is 0 Å². The maximum absolute atomic E-state index is 12.5. The van der Waals surface area contributed by atoms with E-state index >= 15 is 0 Å². The molecule has 3 amide bonds. The number of carbonyl (C=O) groups excluding carboxylic acids is 3. The maximum atomic E-state index is 12.5. The van der Waals surface area contributed by atoms with Gasteiger partial charge in [0.2, 0.25) is 17.7 Å². The van der Waals surface area contributed by atoms with Crippen molar-refractivity contribution < 1.29 is 19.1 Å². The Morgan fingerprint density at radius 2 is 2.03 bits per heavy atom. The number of amides is 3. The molecule has 0 spiro atoms. The Kier molecular flexibility index (Phi) is 5.87. The smallest absolute Gasteiger partial charge is 0.246 e. The second-order valence-electron chi connectivity index (χ2n) is 8.62. The average Bonchev–Trinajstić information content (AvgIpc) is 3.47. The SMILES string of the molecule is Cn1nc(C2CCC(=O)NC2=O)c2cccc(OC3CCN(C(=O)/C=C/c4ncc[nH]4)CC3)c21. The Balaban J connectivity index is 1.27. The molecule has 1 aromatic carbocycles. The molecule has 5 rings (SSSR count). The summed E-state index contributed by atoms with van der Waals surface area (Å²) in [4.78, 5) is 45.3. The first kappa shape index (κ1) is 21.9. The van der Waals surface area contributed by atoms with Gasteiger partial charge in [-0.1, -0.05) is 12.1 Å². The quantitative estimate of drug-likeness (QED) is 0.441. The summed E-state index contributed by atoms with van der Waals surface area (Å²) in [6.45, 7) is 1.21. The Morgan fingerprint density at radius 1 is 1.21 bits per heavy atom. The second-order valence-corrected chi connectivity index (χ2v) is 8.62. The number of para-hydroxylation sites is 1. The number of aromatic nitrogens is 4. The molecule has 3 aromatic rings. The molecule has 2 fully saturated rings. The van der Waals surface area contributed by atoms with Crippen molar-refractivity contribution in [3.05, 3.63) is 48.2 Å². The van der Waals surface area contributed by atoms with Crippen molar-refractivity contribution in [2.24, 2.45) is 7.05 Å². The first-order chi connectivity index (χ1) is 16.5. The summed E-state index contributed by atoms with van der Waals surface area (Å²) in [5.41, 5.74) is 1.48. The van der Waals surface area contributed by atoms with Gasteiger partial charge in [0.1, 0.15) is 23.2 Å². The summed E-state index contributed by atoms with van der Waals surface area (Å²) in [6, 6.07) is 5.73. The zero-order chi connectivity index (χ0) is 23.7. The summed E-state index contributed by atoms with van der Waals surface area (Å²) in [7, 11) is 1.83. The Labute approximate surface area is 196 Å². The largest absolute Gasteiger partial charge is 0.488 e. The molecular weight excluding hydrogens is 436 g/mol. The van der Waals surface area contributed by atoms with Gasteiger partial charge in [0.25, 0.3) is 0 Å². The van der Waals surface area contributed by atoms with Crippen molar-refractivity contribution in [1.82, 2.24) is 30.0 Å². The lowest BCUT2D eigenvalue weighted by atomic mass is 9.93. The van der Waals surface area contributed by atoms with Crippen LogP contribution in [0.15, 0.2) is 36.7 Å². The first-order valence-corrected chi connectivity index (χ1v) is 11.4. The fraction of sp³-hybridized carbons (Fsp3) is 0.375. The summed E-state index contributed by atoms with van der Waals surface area (Å²) in [5, 5.41) is 7.88. The number of hydrogen-bond donors (Lipinski definition) is 2. The molecular formula is C24H26N6O4. The number of rotatable bonds is 5. The number of carbonyl (C=O) groups is 3. The second kappa shape index (κ2) is 9.12. The van der Waals surface area contributed by atoms with Crippen LogP contribution in [0.1, 0.15) is 43.1 Å². The number of likely N-dealkylation sites (tertiary alicyclic amines) is 1. The van der Waals surface area contributed by atoms with E-state index in [2.05, 4.69) is 20.4 Å². The number of aromatic amines is 1. The molecule has 176 valence electrons. The van der Waals surface area contributed by atoms with E-state index in [0.29, 0.717) is 56.0 Å². The van der Waals surface area contributed by atoms with Gasteiger partial charge in [0.05, 0.1) is 11.6 Å². The number of piperidine rings is 2. The van der Waals surface area contributed by atoms with Crippen molar-refractivity contribution in [3.63, 3.8) is 0 Å². The number of hydrogen-bond acceptors (Lipinski definition) is 6. The van der Waals surface area contributed by atoms with Gasteiger partial charge in [-0.05, 0) is 18.6 Å². The fourth-order valence-electron chi connectivity index (χ4n) is 4.63. The molecule has 2 aliphatic heterocycles. The first-order valence-electron chi connectivity index (χ1n) is 11.4. The van der Waals surface area contributed by atoms with Crippen LogP contribution < -0.4 is 10.1 Å². The lowest BCUT2D eigenvalue weighted by Crippen LogP contribution is -2.41. The normalized spacial score (nSPS) is 19.7. The molecule has 2 aromatic heterocycles. The molecule has 1 unspecified atom stereocenters. The molecule has 0 bridgehead atoms. The van der Waals surface area contributed by atoms with E-state index in [1.807, 2.05) is 30.1 Å². The molecule has 2 N–H and O–H groups in total. The van der Waals surface area contributed by atoms with Crippen molar-refractivity contribution >= 4 is 34.7 Å². The highest BCUT2D eigenvalue weighted by Gasteiger charge is 2.32. The summed E-state index contributed by atoms with van der Waals surface area (Å²) in [5.74, 6) is 0.297. The van der Waals surface area contributed by atoms with Gasteiger partial charge in [-0.2, -0.15) is 5.10 Å². The molecule has 10 nitrogen and oxygen atoms in total. The lowest BCUT2D eigenvalue weighted by Gasteiger charge is -2.31. The van der Waals surface area contributed by atoms with Crippen LogP contribution in [0.4, 0.5) is 0 Å². The number of benzene rings is 1. The lowest BCUT2D eigenvalue weighted by molar-refractivity contribution is -0.134. The van der Waals surface area contributed by atoms with E-state index in [1.54, 1.807) is 23.2 Å². The Morgan fingerprint density at radius 3 is 2.76 bits per heavy atom. The molecule has 0 saturated carbocycles. The van der Waals surface area contributed by atoms with Crippen LogP contribution in [-0.2, 0) is 21.4 Å². The fourth-order valence-corrected chi connectivity index (χ4v) is 4.63. The van der Waals surface area contributed by atoms with Crippen LogP contribution in [0.5, 0.6) is 5.75 Å². The predicted molar refractivity (Wildman–Crippen MR) is 124 cm³/mol. The molecule has 10 heteroatoms. The molecule has 1 atom stereocenters. The maximum Gasteiger partial charge on any atom is 0.246 e. The van der Waals surface area contributed by atoms with Gasteiger partial charge in [-0.3, -0.25) is 24.4 Å². The standard InChI is InChI=1S/C24H26N6O4/c1-29-23-16(22(28-29)17-5-7-20(31)27-24(17)33)3-2-4-18(23)34-15-9-13-30(14-10-15)21(32)8-6-19-25-11-12-26-19/h2-4,6,8,11-12,15,17H,5,7,9-10,13-14H2,1H3,(H,25,26)(H,27,31,33)/b8-6+. The Bertz CT molecular complexity index is 1250. The topological polar surface area (TPSA) is 122 Å². The van der Waals surface area contributed by atoms with E-state index in [9.17, 15) is 14.4 Å². The van der Waals surface area contributed by atoms with Crippen LogP contribution in [0.3, 0.4) is 0 Å². The minimum absolute atomic E-state index is 0.0300. The average molecular weight is 463 g/mol. The molecule has 2 aliphatic rings. The van der Waals surface area contributed by atoms with Gasteiger partial charge in [0.15, 0.2) is 0 Å². The van der Waals surface area contributed by atoms with Crippen molar-refractivity contribution in [3.8, 4) is 5.75 Å². The number of nitrogens with zero attached hydrogens (tertiary/aromatic N) is 4. The zero-order valence-electron chi connectivity index (χ0n) is 18.9. The number of nitrogens with one attached hydrogen (secondary N) is 2. The van der Waals surface area contributed by atoms with Crippen molar-refractivity contribution in [1.29, 1.82) is 0 Å². The van der Waals surface area contributed by atoms with Gasteiger partial charge < -0.3 is 14.6 Å². The van der Waals surface area contributed by atoms with E-state index in [-0.39, 0.29) is 23.8 Å². The van der Waals surface area contributed by atoms with Gasteiger partial charge >= 0.3 is 0 Å². The van der Waals surface area contributed by atoms with Crippen LogP contribution in [0, 0.1) is 0 Å². The number of aryl methyl sites for hydroxylation is 1. The molecule has 0 aliphatic carbocycles. The molecule has 2 saturated heterocycles. The van der Waals surface area contributed by atoms with Crippen LogP contribution in [-0.4, -0.2) is 61.6 Å². The van der Waals surface area contributed by atoms with E-state index in [0.717, 1.165) is 10.9 Å². The predicted octanol–water partition coefficient (Wildman–Crippen LogP) is 1.90. The Hall–Kier alpha value is -3.95. The van der Waals surface area contributed by atoms with Crippen molar-refractivity contribution in [2.75, 3.05) is 13.1 Å². The van der Waals surface area contributed by atoms with E-state index in [1.165, 1.54) is 6.08 Å². The number of imide groups is 1. The third-order valence-corrected chi connectivity index (χ3v) is 6.38. The summed E-state index contributed by atoms with van der Waals surface area (Å²) < 4.78 is 8.09. The highest BCUT2D eigenvalue weighted by Crippen LogP contribution is 2.35. The van der Waals surface area contributed by atoms with Gasteiger partial charge in [0, 0.05) is 63.3 Å². The third kappa shape index (κ3) is 4.30. The molecule has 0 radical (unpaired) electrons. The number of H-pyrrole nitrogens is 1. The van der Waals surface area contributed by atoms with E-state index in [4.69, 9.17) is 4.74 Å². The monoisotopic (exact) mass is 462 g/mol. The van der Waals surface area contributed by atoms with E-state index < -0.39 is 5.92 Å². The minimum Gasteiger partial charge on any atom is -0.488 e. The molecule has 34 heavy (non-hydrogen) atoms. The van der Waals surface area contributed by atoms with Gasteiger partial charge in [-0.25, -0.2) is 4.98 Å². The summed E-state index contributed by atoms with van der Waals surface area (Å²) >= 11 is 0. The number of fused-ring (bicyclic) bond motifs is 1. The summed E-state index contributed by atoms with van der Waals surface area (Å²) in [6.07, 6.45) is 8.72. The highest BCUT2D eigenvalue weighted by molar-refractivity contribution is 6.03. The van der Waals surface area contributed by atoms with Crippen molar-refractivity contribution in [2.45, 2.75) is 37.7 Å². The molecule has 4 heterocycles. The van der Waals surface area contributed by atoms with Crippen LogP contribution >= 0.6 is 0 Å². The van der Waals surface area contributed by atoms with Crippen LogP contribution in [0.25, 0.3) is 17.0 Å². The minimum atomic E-state index is -0.458. The number of imidazole rings is 1. The highest BCUT2D eigenvalue weighted by atomic mass is 16.5. The third-order valence-electron chi connectivity index (χ3n) is 6.38. The van der Waals surface area contributed by atoms with Crippen LogP contribution in [0.2, 0.25) is 0 Å².